The zero-order valence-corrected chi connectivity index (χ0v) is 11.2. The molecule has 1 fully saturated rings. The van der Waals surface area contributed by atoms with Crippen molar-refractivity contribution in [2.45, 2.75) is 18.9 Å². The lowest BCUT2D eigenvalue weighted by Gasteiger charge is -2.06. The van der Waals surface area contributed by atoms with Crippen LogP contribution in [0.4, 0.5) is 5.69 Å². The van der Waals surface area contributed by atoms with Gasteiger partial charge in [0.05, 0.1) is 6.54 Å². The molecular weight excluding hydrogens is 258 g/mol. The topological polar surface area (TPSA) is 54.0 Å². The van der Waals surface area contributed by atoms with Crippen LogP contribution in [0.15, 0.2) is 35.8 Å². The van der Waals surface area contributed by atoms with Crippen molar-refractivity contribution < 1.29 is 4.79 Å². The second-order valence-corrected chi connectivity index (χ2v) is 5.51. The van der Waals surface area contributed by atoms with E-state index in [0.717, 1.165) is 16.3 Å². The summed E-state index contributed by atoms with van der Waals surface area (Å²) in [5.41, 5.74) is 1.90. The standard InChI is InChI=1S/C14H15N3OS/c18-13(9-16-11-5-6-11)17-12-3-1-10(2-4-12)14-15-7-8-19-14/h1-4,7-8,11,16H,5-6,9H2,(H,17,18). The number of carbonyl (C=O) groups excluding carboxylic acids is 1. The minimum atomic E-state index is 0.00824. The molecule has 0 atom stereocenters. The summed E-state index contributed by atoms with van der Waals surface area (Å²) in [6.45, 7) is 0.388. The largest absolute Gasteiger partial charge is 0.325 e. The summed E-state index contributed by atoms with van der Waals surface area (Å²) in [5.74, 6) is 0.00824. The molecule has 0 saturated heterocycles. The average molecular weight is 273 g/mol. The number of nitrogens with zero attached hydrogens (tertiary/aromatic N) is 1. The van der Waals surface area contributed by atoms with Gasteiger partial charge in [0.1, 0.15) is 5.01 Å². The van der Waals surface area contributed by atoms with Crippen LogP contribution in [0.5, 0.6) is 0 Å². The van der Waals surface area contributed by atoms with Gasteiger partial charge in [-0.15, -0.1) is 11.3 Å². The number of hydrogen-bond acceptors (Lipinski definition) is 4. The second-order valence-electron chi connectivity index (χ2n) is 4.62. The first-order valence-corrected chi connectivity index (χ1v) is 7.22. The van der Waals surface area contributed by atoms with Crippen molar-refractivity contribution in [2.75, 3.05) is 11.9 Å². The van der Waals surface area contributed by atoms with Gasteiger partial charge in [0.25, 0.3) is 0 Å². The number of amides is 1. The summed E-state index contributed by atoms with van der Waals surface area (Å²) in [6.07, 6.45) is 4.17. The molecule has 0 spiro atoms. The molecule has 98 valence electrons. The van der Waals surface area contributed by atoms with Crippen molar-refractivity contribution in [1.82, 2.24) is 10.3 Å². The first-order chi connectivity index (χ1) is 9.31. The summed E-state index contributed by atoms with van der Waals surface area (Å²) >= 11 is 1.61. The molecule has 1 heterocycles. The Labute approximate surface area is 115 Å². The van der Waals surface area contributed by atoms with Gasteiger partial charge in [0.2, 0.25) is 5.91 Å². The Morgan fingerprint density at radius 3 is 2.74 bits per heavy atom. The maximum Gasteiger partial charge on any atom is 0.238 e. The van der Waals surface area contributed by atoms with E-state index in [9.17, 15) is 4.79 Å². The third-order valence-corrected chi connectivity index (χ3v) is 3.80. The molecule has 1 amide bonds. The van der Waals surface area contributed by atoms with Gasteiger partial charge in [-0.05, 0) is 37.1 Å². The molecule has 19 heavy (non-hydrogen) atoms. The summed E-state index contributed by atoms with van der Waals surface area (Å²) in [7, 11) is 0. The molecule has 2 aromatic rings. The van der Waals surface area contributed by atoms with Crippen LogP contribution in [0.3, 0.4) is 0 Å². The Balaban J connectivity index is 1.57. The van der Waals surface area contributed by atoms with Crippen molar-refractivity contribution in [2.24, 2.45) is 0 Å². The highest BCUT2D eigenvalue weighted by atomic mass is 32.1. The van der Waals surface area contributed by atoms with Crippen LogP contribution in [0.2, 0.25) is 0 Å². The Morgan fingerprint density at radius 1 is 1.32 bits per heavy atom. The van der Waals surface area contributed by atoms with Crippen LogP contribution in [0.25, 0.3) is 10.6 Å². The molecule has 1 aromatic heterocycles. The van der Waals surface area contributed by atoms with Gasteiger partial charge in [-0.2, -0.15) is 0 Å². The van der Waals surface area contributed by atoms with E-state index in [-0.39, 0.29) is 5.91 Å². The highest BCUT2D eigenvalue weighted by Crippen LogP contribution is 2.23. The monoisotopic (exact) mass is 273 g/mol. The highest BCUT2D eigenvalue weighted by molar-refractivity contribution is 7.13. The van der Waals surface area contributed by atoms with Gasteiger partial charge in [0.15, 0.2) is 0 Å². The van der Waals surface area contributed by atoms with Crippen LogP contribution in [0, 0.1) is 0 Å². The first kappa shape index (κ1) is 12.3. The summed E-state index contributed by atoms with van der Waals surface area (Å²) in [4.78, 5) is 15.9. The van der Waals surface area contributed by atoms with Gasteiger partial charge in [-0.25, -0.2) is 4.98 Å². The molecule has 1 saturated carbocycles. The van der Waals surface area contributed by atoms with E-state index < -0.39 is 0 Å². The number of hydrogen-bond donors (Lipinski definition) is 2. The van der Waals surface area contributed by atoms with Gasteiger partial charge in [-0.3, -0.25) is 4.79 Å². The number of anilines is 1. The van der Waals surface area contributed by atoms with E-state index in [1.165, 1.54) is 12.8 Å². The van der Waals surface area contributed by atoms with E-state index in [4.69, 9.17) is 0 Å². The third kappa shape index (κ3) is 3.39. The average Bonchev–Trinajstić information content (AvgIpc) is 3.10. The van der Waals surface area contributed by atoms with Crippen molar-refractivity contribution >= 4 is 22.9 Å². The number of aromatic nitrogens is 1. The summed E-state index contributed by atoms with van der Waals surface area (Å²) in [5, 5.41) is 9.02. The van der Waals surface area contributed by atoms with E-state index in [1.54, 1.807) is 17.5 Å². The molecular formula is C14H15N3OS. The lowest BCUT2D eigenvalue weighted by atomic mass is 10.2. The van der Waals surface area contributed by atoms with Crippen LogP contribution in [0.1, 0.15) is 12.8 Å². The fourth-order valence-corrected chi connectivity index (χ4v) is 2.44. The normalized spacial score (nSPS) is 14.3. The molecule has 1 aliphatic rings. The predicted octanol–water partition coefficient (Wildman–Crippen LogP) is 2.50. The lowest BCUT2D eigenvalue weighted by Crippen LogP contribution is -2.29. The number of benzene rings is 1. The Bertz CT molecular complexity index is 547. The number of rotatable bonds is 5. The molecule has 0 aliphatic heterocycles. The quantitative estimate of drug-likeness (QED) is 0.880. The minimum absolute atomic E-state index is 0.00824. The summed E-state index contributed by atoms with van der Waals surface area (Å²) in [6, 6.07) is 8.32. The first-order valence-electron chi connectivity index (χ1n) is 6.34. The van der Waals surface area contributed by atoms with Gasteiger partial charge in [-0.1, -0.05) is 0 Å². The van der Waals surface area contributed by atoms with Gasteiger partial charge < -0.3 is 10.6 Å². The van der Waals surface area contributed by atoms with Crippen LogP contribution >= 0.6 is 11.3 Å². The molecule has 3 rings (SSSR count). The van der Waals surface area contributed by atoms with Crippen molar-refractivity contribution in [1.29, 1.82) is 0 Å². The number of carbonyl (C=O) groups is 1. The van der Waals surface area contributed by atoms with Crippen LogP contribution < -0.4 is 10.6 Å². The molecule has 4 nitrogen and oxygen atoms in total. The fraction of sp³-hybridized carbons (Fsp3) is 0.286. The van der Waals surface area contributed by atoms with E-state index in [1.807, 2.05) is 29.6 Å². The van der Waals surface area contributed by atoms with Crippen LogP contribution in [-0.2, 0) is 4.79 Å². The predicted molar refractivity (Wildman–Crippen MR) is 77.2 cm³/mol. The zero-order chi connectivity index (χ0) is 13.1. The smallest absolute Gasteiger partial charge is 0.238 e. The van der Waals surface area contributed by atoms with Gasteiger partial charge in [0, 0.05) is 28.9 Å². The van der Waals surface area contributed by atoms with Crippen molar-refractivity contribution in [3.05, 3.63) is 35.8 Å². The lowest BCUT2D eigenvalue weighted by molar-refractivity contribution is -0.115. The number of thiazole rings is 1. The molecule has 5 heteroatoms. The zero-order valence-electron chi connectivity index (χ0n) is 10.4. The Hall–Kier alpha value is -1.72. The fourth-order valence-electron chi connectivity index (χ4n) is 1.79. The molecule has 0 unspecified atom stereocenters. The van der Waals surface area contributed by atoms with E-state index >= 15 is 0 Å². The Kier molecular flexibility index (Phi) is 3.57. The van der Waals surface area contributed by atoms with Crippen molar-refractivity contribution in [3.8, 4) is 10.6 Å². The van der Waals surface area contributed by atoms with E-state index in [0.29, 0.717) is 12.6 Å². The number of nitrogens with one attached hydrogen (secondary N) is 2. The maximum atomic E-state index is 11.7. The summed E-state index contributed by atoms with van der Waals surface area (Å²) < 4.78 is 0. The molecule has 1 aromatic carbocycles. The second kappa shape index (κ2) is 5.50. The van der Waals surface area contributed by atoms with Crippen molar-refractivity contribution in [3.63, 3.8) is 0 Å². The highest BCUT2D eigenvalue weighted by Gasteiger charge is 2.21. The molecule has 1 aliphatic carbocycles. The third-order valence-electron chi connectivity index (χ3n) is 2.98. The van der Waals surface area contributed by atoms with E-state index in [2.05, 4.69) is 15.6 Å². The van der Waals surface area contributed by atoms with Crippen LogP contribution in [-0.4, -0.2) is 23.5 Å². The SMILES string of the molecule is O=C(CNC1CC1)Nc1ccc(-c2nccs2)cc1. The molecule has 0 radical (unpaired) electrons. The minimum Gasteiger partial charge on any atom is -0.325 e. The molecule has 0 bridgehead atoms. The van der Waals surface area contributed by atoms with Gasteiger partial charge >= 0.3 is 0 Å². The maximum absolute atomic E-state index is 11.7. The molecule has 2 N–H and O–H groups in total. The Morgan fingerprint density at radius 2 is 2.11 bits per heavy atom.